The van der Waals surface area contributed by atoms with Crippen LogP contribution in [0.5, 0.6) is 0 Å². The van der Waals surface area contributed by atoms with Crippen molar-refractivity contribution in [1.29, 1.82) is 0 Å². The number of aromatic nitrogens is 1. The van der Waals surface area contributed by atoms with Crippen LogP contribution in [-0.4, -0.2) is 29.8 Å². The number of nitrogens with one attached hydrogen (secondary N) is 2. The van der Waals surface area contributed by atoms with Gasteiger partial charge in [0.25, 0.3) is 0 Å². The summed E-state index contributed by atoms with van der Waals surface area (Å²) in [5.41, 5.74) is 3.68. The summed E-state index contributed by atoms with van der Waals surface area (Å²) in [5.74, 6) is -0.267. The number of hydrogen-bond acceptors (Lipinski definition) is 3. The van der Waals surface area contributed by atoms with Crippen molar-refractivity contribution in [3.8, 4) is 11.1 Å². The Hall–Kier alpha value is -3.25. The Bertz CT molecular complexity index is 840. The lowest BCUT2D eigenvalue weighted by Gasteiger charge is -2.09. The van der Waals surface area contributed by atoms with Crippen LogP contribution in [-0.2, 0) is 6.42 Å². The van der Waals surface area contributed by atoms with Crippen LogP contribution in [0.1, 0.15) is 5.56 Å². The minimum atomic E-state index is -0.284. The van der Waals surface area contributed by atoms with Gasteiger partial charge in [0.05, 0.1) is 0 Å². The highest BCUT2D eigenvalue weighted by Crippen LogP contribution is 2.20. The predicted molar refractivity (Wildman–Crippen MR) is 105 cm³/mol. The number of carbonyl (C=O) groups excluding carboxylic acids is 1. The molecule has 5 nitrogen and oxygen atoms in total. The molecule has 0 aliphatic heterocycles. The molecule has 1 aromatic heterocycles. The lowest BCUT2D eigenvalue weighted by molar-refractivity contribution is 0.252. The van der Waals surface area contributed by atoms with Gasteiger partial charge in [0, 0.05) is 31.7 Å². The van der Waals surface area contributed by atoms with Gasteiger partial charge in [-0.2, -0.15) is 0 Å². The van der Waals surface area contributed by atoms with E-state index in [0.29, 0.717) is 18.7 Å². The minimum absolute atomic E-state index is 0.267. The molecule has 0 saturated heterocycles. The first-order chi connectivity index (χ1) is 13.2. The molecule has 0 saturated carbocycles. The van der Waals surface area contributed by atoms with Gasteiger partial charge >= 0.3 is 6.03 Å². The van der Waals surface area contributed by atoms with E-state index in [1.54, 1.807) is 18.5 Å². The Morgan fingerprint density at radius 1 is 1.00 bits per heavy atom. The molecule has 3 rings (SSSR count). The molecule has 0 radical (unpaired) electrons. The topological polar surface area (TPSA) is 74.2 Å². The van der Waals surface area contributed by atoms with Gasteiger partial charge in [-0.05, 0) is 59.5 Å². The van der Waals surface area contributed by atoms with E-state index in [9.17, 15) is 9.18 Å². The Morgan fingerprint density at radius 3 is 2.33 bits per heavy atom. The van der Waals surface area contributed by atoms with Gasteiger partial charge < -0.3 is 15.7 Å². The van der Waals surface area contributed by atoms with Gasteiger partial charge in [0.15, 0.2) is 0 Å². The molecule has 0 bridgehead atoms. The molecule has 0 atom stereocenters. The quantitative estimate of drug-likeness (QED) is 0.641. The van der Waals surface area contributed by atoms with Gasteiger partial charge in [-0.15, -0.1) is 0 Å². The third-order valence-electron chi connectivity index (χ3n) is 3.74. The second kappa shape index (κ2) is 10.7. The van der Waals surface area contributed by atoms with Crippen molar-refractivity contribution in [3.05, 3.63) is 84.4 Å². The molecule has 0 spiro atoms. The zero-order chi connectivity index (χ0) is 19.5. The number of anilines is 1. The number of pyridine rings is 1. The Balaban J connectivity index is 0.00000126. The third-order valence-corrected chi connectivity index (χ3v) is 3.74. The van der Waals surface area contributed by atoms with Crippen LogP contribution in [0.2, 0.25) is 0 Å². The third kappa shape index (κ3) is 6.52. The van der Waals surface area contributed by atoms with Crippen LogP contribution in [0.3, 0.4) is 0 Å². The summed E-state index contributed by atoms with van der Waals surface area (Å²) < 4.78 is 13.1. The molecule has 0 aliphatic carbocycles. The number of aliphatic hydroxyl groups is 1. The number of hydrogen-bond donors (Lipinski definition) is 3. The lowest BCUT2D eigenvalue weighted by Crippen LogP contribution is -2.30. The molecular weight excluding hydrogens is 345 g/mol. The molecule has 0 unspecified atom stereocenters. The molecule has 1 heterocycles. The number of nitrogens with zero attached hydrogens (tertiary/aromatic N) is 1. The number of carbonyl (C=O) groups is 1. The molecule has 27 heavy (non-hydrogen) atoms. The zero-order valence-electron chi connectivity index (χ0n) is 15.0. The van der Waals surface area contributed by atoms with Crippen molar-refractivity contribution in [2.75, 3.05) is 19.0 Å². The minimum Gasteiger partial charge on any atom is -0.400 e. The fraction of sp³-hybridized carbons (Fsp3) is 0.143. The lowest BCUT2D eigenvalue weighted by atomic mass is 10.1. The summed E-state index contributed by atoms with van der Waals surface area (Å²) in [6.07, 6.45) is 4.06. The maximum atomic E-state index is 13.1. The number of rotatable bonds is 5. The maximum absolute atomic E-state index is 13.1. The van der Waals surface area contributed by atoms with E-state index in [0.717, 1.165) is 23.8 Å². The summed E-state index contributed by atoms with van der Waals surface area (Å²) in [5, 5.41) is 12.5. The first-order valence-electron chi connectivity index (χ1n) is 8.45. The molecule has 0 aliphatic rings. The second-order valence-electron chi connectivity index (χ2n) is 5.57. The van der Waals surface area contributed by atoms with Gasteiger partial charge in [-0.1, -0.05) is 24.3 Å². The number of benzene rings is 2. The molecule has 140 valence electrons. The zero-order valence-corrected chi connectivity index (χ0v) is 15.0. The molecule has 2 aromatic carbocycles. The maximum Gasteiger partial charge on any atom is 0.319 e. The summed E-state index contributed by atoms with van der Waals surface area (Å²) in [6, 6.07) is 17.5. The SMILES string of the molecule is CO.O=C(NCCc1cccc(F)c1)Nc1ccc(-c2ccncc2)cc1. The standard InChI is InChI=1S/C20H18FN3O.CH4O/c21-18-3-1-2-15(14-18)8-13-23-20(25)24-19-6-4-16(5-7-19)17-9-11-22-12-10-17;1-2/h1-7,9-12,14H,8,13H2,(H2,23,24,25);2H,1H3. The number of aliphatic hydroxyl groups excluding tert-OH is 1. The van der Waals surface area contributed by atoms with E-state index in [1.165, 1.54) is 12.1 Å². The van der Waals surface area contributed by atoms with Crippen LogP contribution in [0.15, 0.2) is 73.1 Å². The van der Waals surface area contributed by atoms with Gasteiger partial charge in [0.1, 0.15) is 5.82 Å². The van der Waals surface area contributed by atoms with E-state index in [-0.39, 0.29) is 11.8 Å². The average Bonchev–Trinajstić information content (AvgIpc) is 2.71. The van der Waals surface area contributed by atoms with E-state index < -0.39 is 0 Å². The van der Waals surface area contributed by atoms with Crippen molar-refractivity contribution < 1.29 is 14.3 Å². The first-order valence-corrected chi connectivity index (χ1v) is 8.45. The summed E-state index contributed by atoms with van der Waals surface area (Å²) in [7, 11) is 1.00. The Kier molecular flexibility index (Phi) is 7.93. The molecular formula is C21H22FN3O2. The number of halogens is 1. The molecule has 3 aromatic rings. The molecule has 0 fully saturated rings. The van der Waals surface area contributed by atoms with Gasteiger partial charge in [-0.25, -0.2) is 9.18 Å². The van der Waals surface area contributed by atoms with Crippen molar-refractivity contribution in [3.63, 3.8) is 0 Å². The second-order valence-corrected chi connectivity index (χ2v) is 5.57. The van der Waals surface area contributed by atoms with Crippen LogP contribution >= 0.6 is 0 Å². The van der Waals surface area contributed by atoms with Gasteiger partial charge in [0.2, 0.25) is 0 Å². The van der Waals surface area contributed by atoms with Crippen LogP contribution in [0.25, 0.3) is 11.1 Å². The van der Waals surface area contributed by atoms with Crippen LogP contribution in [0.4, 0.5) is 14.9 Å². The largest absolute Gasteiger partial charge is 0.400 e. The van der Waals surface area contributed by atoms with E-state index in [1.807, 2.05) is 42.5 Å². The van der Waals surface area contributed by atoms with Crippen LogP contribution in [0, 0.1) is 5.82 Å². The smallest absolute Gasteiger partial charge is 0.319 e. The monoisotopic (exact) mass is 367 g/mol. The highest BCUT2D eigenvalue weighted by Gasteiger charge is 2.03. The first kappa shape index (κ1) is 20.1. The Morgan fingerprint density at radius 2 is 1.67 bits per heavy atom. The van der Waals surface area contributed by atoms with E-state index in [2.05, 4.69) is 15.6 Å². The fourth-order valence-corrected chi connectivity index (χ4v) is 2.48. The summed E-state index contributed by atoms with van der Waals surface area (Å²) in [6.45, 7) is 0.435. The normalized spacial score (nSPS) is 9.74. The van der Waals surface area contributed by atoms with Crippen molar-refractivity contribution in [2.24, 2.45) is 0 Å². The highest BCUT2D eigenvalue weighted by molar-refractivity contribution is 5.89. The average molecular weight is 367 g/mol. The number of urea groups is 1. The fourth-order valence-electron chi connectivity index (χ4n) is 2.48. The van der Waals surface area contributed by atoms with Crippen molar-refractivity contribution in [1.82, 2.24) is 10.3 Å². The summed E-state index contributed by atoms with van der Waals surface area (Å²) in [4.78, 5) is 15.9. The van der Waals surface area contributed by atoms with E-state index >= 15 is 0 Å². The Labute approximate surface area is 157 Å². The van der Waals surface area contributed by atoms with Crippen molar-refractivity contribution in [2.45, 2.75) is 6.42 Å². The van der Waals surface area contributed by atoms with Gasteiger partial charge in [-0.3, -0.25) is 4.98 Å². The molecule has 6 heteroatoms. The van der Waals surface area contributed by atoms with Crippen LogP contribution < -0.4 is 10.6 Å². The molecule has 2 amide bonds. The highest BCUT2D eigenvalue weighted by atomic mass is 19.1. The number of amides is 2. The van der Waals surface area contributed by atoms with E-state index in [4.69, 9.17) is 5.11 Å². The predicted octanol–water partition coefficient (Wildman–Crippen LogP) is 3.86. The summed E-state index contributed by atoms with van der Waals surface area (Å²) >= 11 is 0. The molecule has 3 N–H and O–H groups in total. The van der Waals surface area contributed by atoms with Crippen molar-refractivity contribution >= 4 is 11.7 Å².